The van der Waals surface area contributed by atoms with Crippen LogP contribution in [0.4, 0.5) is 5.82 Å². The number of nitrogens with two attached hydrogens (primary N) is 1. The van der Waals surface area contributed by atoms with Gasteiger partial charge in [-0.3, -0.25) is 4.79 Å². The number of primary amides is 1. The van der Waals surface area contributed by atoms with E-state index in [-0.39, 0.29) is 0 Å². The summed E-state index contributed by atoms with van der Waals surface area (Å²) < 4.78 is 5.64. The van der Waals surface area contributed by atoms with Crippen molar-refractivity contribution in [2.75, 3.05) is 11.9 Å². The lowest BCUT2D eigenvalue weighted by Gasteiger charge is -2.08. The second kappa shape index (κ2) is 5.85. The molecule has 2 heterocycles. The Balaban J connectivity index is 1.70. The number of amides is 1. The van der Waals surface area contributed by atoms with E-state index < -0.39 is 5.91 Å². The average Bonchev–Trinajstić information content (AvgIpc) is 2.89. The minimum atomic E-state index is -0.503. The molecule has 0 radical (unpaired) electrons. The standard InChI is InChI=1S/C16H16N4O2/c1-10-6-7-11(15(17)21)16(19-10)18-9-8-14-20-12-4-2-3-5-13(12)22-14/h2-7H,8-9H2,1H3,(H2,17,21)(H,18,19). The van der Waals surface area contributed by atoms with Crippen LogP contribution in [0.3, 0.4) is 0 Å². The van der Waals surface area contributed by atoms with E-state index in [4.69, 9.17) is 10.2 Å². The molecule has 3 aromatic rings. The second-order valence-corrected chi connectivity index (χ2v) is 4.97. The summed E-state index contributed by atoms with van der Waals surface area (Å²) in [4.78, 5) is 20.1. The van der Waals surface area contributed by atoms with Crippen LogP contribution in [0.2, 0.25) is 0 Å². The lowest BCUT2D eigenvalue weighted by molar-refractivity contribution is 0.100. The number of para-hydroxylation sites is 2. The zero-order chi connectivity index (χ0) is 15.5. The van der Waals surface area contributed by atoms with Crippen molar-refractivity contribution in [2.24, 2.45) is 5.73 Å². The van der Waals surface area contributed by atoms with Crippen molar-refractivity contribution < 1.29 is 9.21 Å². The molecule has 0 aliphatic carbocycles. The minimum absolute atomic E-state index is 0.378. The zero-order valence-corrected chi connectivity index (χ0v) is 12.2. The third kappa shape index (κ3) is 2.90. The first-order valence-corrected chi connectivity index (χ1v) is 6.99. The van der Waals surface area contributed by atoms with Crippen molar-refractivity contribution in [2.45, 2.75) is 13.3 Å². The summed E-state index contributed by atoms with van der Waals surface area (Å²) in [5, 5.41) is 3.12. The third-order valence-electron chi connectivity index (χ3n) is 3.27. The van der Waals surface area contributed by atoms with Crippen LogP contribution in [-0.4, -0.2) is 22.4 Å². The number of rotatable bonds is 5. The van der Waals surface area contributed by atoms with Gasteiger partial charge in [0, 0.05) is 18.7 Å². The number of carbonyl (C=O) groups excluding carboxylic acids is 1. The molecule has 0 fully saturated rings. The quantitative estimate of drug-likeness (QED) is 0.753. The zero-order valence-electron chi connectivity index (χ0n) is 12.2. The molecular formula is C16H16N4O2. The normalized spacial score (nSPS) is 10.8. The summed E-state index contributed by atoms with van der Waals surface area (Å²) in [6.07, 6.45) is 0.586. The van der Waals surface area contributed by atoms with E-state index in [1.807, 2.05) is 31.2 Å². The van der Waals surface area contributed by atoms with Crippen LogP contribution in [0.1, 0.15) is 21.9 Å². The van der Waals surface area contributed by atoms with Crippen molar-refractivity contribution in [3.05, 3.63) is 53.5 Å². The van der Waals surface area contributed by atoms with E-state index in [9.17, 15) is 4.79 Å². The topological polar surface area (TPSA) is 94.0 Å². The average molecular weight is 296 g/mol. The Morgan fingerprint density at radius 3 is 2.82 bits per heavy atom. The molecule has 1 amide bonds. The molecule has 0 unspecified atom stereocenters. The number of hydrogen-bond acceptors (Lipinski definition) is 5. The van der Waals surface area contributed by atoms with E-state index in [0.29, 0.717) is 30.2 Å². The predicted octanol–water partition coefficient (Wildman–Crippen LogP) is 2.28. The number of fused-ring (bicyclic) bond motifs is 1. The first kappa shape index (κ1) is 14.1. The highest BCUT2D eigenvalue weighted by Gasteiger charge is 2.10. The Morgan fingerprint density at radius 2 is 2.05 bits per heavy atom. The number of pyridine rings is 1. The van der Waals surface area contributed by atoms with Crippen molar-refractivity contribution in [1.29, 1.82) is 0 Å². The SMILES string of the molecule is Cc1ccc(C(N)=O)c(NCCc2nc3ccccc3o2)n1. The van der Waals surface area contributed by atoms with Crippen LogP contribution in [-0.2, 0) is 6.42 Å². The molecule has 0 saturated heterocycles. The van der Waals surface area contributed by atoms with Gasteiger partial charge in [0.2, 0.25) is 0 Å². The molecule has 1 aromatic carbocycles. The van der Waals surface area contributed by atoms with Gasteiger partial charge in [-0.15, -0.1) is 0 Å². The molecule has 3 rings (SSSR count). The Labute approximate surface area is 127 Å². The molecule has 0 aliphatic rings. The maximum atomic E-state index is 11.4. The second-order valence-electron chi connectivity index (χ2n) is 4.97. The van der Waals surface area contributed by atoms with Crippen molar-refractivity contribution in [3.8, 4) is 0 Å². The van der Waals surface area contributed by atoms with Crippen LogP contribution < -0.4 is 11.1 Å². The number of anilines is 1. The maximum absolute atomic E-state index is 11.4. The van der Waals surface area contributed by atoms with E-state index >= 15 is 0 Å². The highest BCUT2D eigenvalue weighted by Crippen LogP contribution is 2.16. The number of benzene rings is 1. The summed E-state index contributed by atoms with van der Waals surface area (Å²) in [5.41, 5.74) is 8.15. The van der Waals surface area contributed by atoms with Crippen molar-refractivity contribution in [1.82, 2.24) is 9.97 Å². The summed E-state index contributed by atoms with van der Waals surface area (Å²) in [6, 6.07) is 11.0. The van der Waals surface area contributed by atoms with E-state index in [1.165, 1.54) is 0 Å². The molecule has 3 N–H and O–H groups in total. The highest BCUT2D eigenvalue weighted by atomic mass is 16.3. The Bertz CT molecular complexity index is 793. The van der Waals surface area contributed by atoms with Gasteiger partial charge in [0.05, 0.1) is 5.56 Å². The summed E-state index contributed by atoms with van der Waals surface area (Å²) >= 11 is 0. The molecule has 0 bridgehead atoms. The van der Waals surface area contributed by atoms with Gasteiger partial charge >= 0.3 is 0 Å². The largest absolute Gasteiger partial charge is 0.441 e. The van der Waals surface area contributed by atoms with E-state index in [0.717, 1.165) is 16.8 Å². The van der Waals surface area contributed by atoms with Gasteiger partial charge in [-0.2, -0.15) is 0 Å². The summed E-state index contributed by atoms with van der Waals surface area (Å²) in [5.74, 6) is 0.627. The fraction of sp³-hybridized carbons (Fsp3) is 0.188. The van der Waals surface area contributed by atoms with Crippen LogP contribution >= 0.6 is 0 Å². The molecule has 0 saturated carbocycles. The Kier molecular flexibility index (Phi) is 3.74. The van der Waals surface area contributed by atoms with Gasteiger partial charge in [-0.25, -0.2) is 9.97 Å². The monoisotopic (exact) mass is 296 g/mol. The van der Waals surface area contributed by atoms with Gasteiger partial charge in [-0.05, 0) is 31.2 Å². The molecule has 6 nitrogen and oxygen atoms in total. The first-order valence-electron chi connectivity index (χ1n) is 6.99. The molecule has 0 atom stereocenters. The van der Waals surface area contributed by atoms with Gasteiger partial charge in [0.15, 0.2) is 11.5 Å². The van der Waals surface area contributed by atoms with Crippen LogP contribution in [0.25, 0.3) is 11.1 Å². The lowest BCUT2D eigenvalue weighted by Crippen LogP contribution is -2.17. The summed E-state index contributed by atoms with van der Waals surface area (Å²) in [7, 11) is 0. The molecule has 0 aliphatic heterocycles. The van der Waals surface area contributed by atoms with E-state index in [1.54, 1.807) is 12.1 Å². The first-order chi connectivity index (χ1) is 10.6. The molecule has 0 spiro atoms. The van der Waals surface area contributed by atoms with Gasteiger partial charge in [0.1, 0.15) is 11.3 Å². The molecule has 2 aromatic heterocycles. The number of nitrogens with one attached hydrogen (secondary N) is 1. The van der Waals surface area contributed by atoms with Gasteiger partial charge in [-0.1, -0.05) is 12.1 Å². The van der Waals surface area contributed by atoms with Crippen molar-refractivity contribution in [3.63, 3.8) is 0 Å². The van der Waals surface area contributed by atoms with Crippen LogP contribution in [0.5, 0.6) is 0 Å². The predicted molar refractivity (Wildman–Crippen MR) is 83.7 cm³/mol. The van der Waals surface area contributed by atoms with E-state index in [2.05, 4.69) is 15.3 Å². The minimum Gasteiger partial charge on any atom is -0.441 e. The highest BCUT2D eigenvalue weighted by molar-refractivity contribution is 5.97. The fourth-order valence-corrected chi connectivity index (χ4v) is 2.20. The van der Waals surface area contributed by atoms with Crippen LogP contribution in [0, 0.1) is 6.92 Å². The number of aryl methyl sites for hydroxylation is 1. The Hall–Kier alpha value is -2.89. The maximum Gasteiger partial charge on any atom is 0.252 e. The number of hydrogen-bond donors (Lipinski definition) is 2. The molecule has 6 heteroatoms. The third-order valence-corrected chi connectivity index (χ3v) is 3.27. The molecule has 112 valence electrons. The summed E-state index contributed by atoms with van der Waals surface area (Å²) in [6.45, 7) is 2.40. The number of nitrogens with zero attached hydrogens (tertiary/aromatic N) is 2. The Morgan fingerprint density at radius 1 is 1.23 bits per heavy atom. The molecule has 22 heavy (non-hydrogen) atoms. The fourth-order valence-electron chi connectivity index (χ4n) is 2.20. The number of aromatic nitrogens is 2. The van der Waals surface area contributed by atoms with Gasteiger partial charge in [0.25, 0.3) is 5.91 Å². The van der Waals surface area contributed by atoms with Crippen molar-refractivity contribution >= 4 is 22.8 Å². The van der Waals surface area contributed by atoms with Crippen LogP contribution in [0.15, 0.2) is 40.8 Å². The number of carbonyl (C=O) groups is 1. The number of oxazole rings is 1. The smallest absolute Gasteiger partial charge is 0.252 e. The molecular weight excluding hydrogens is 280 g/mol. The van der Waals surface area contributed by atoms with Gasteiger partial charge < -0.3 is 15.5 Å². The lowest BCUT2D eigenvalue weighted by atomic mass is 10.2.